The summed E-state index contributed by atoms with van der Waals surface area (Å²) < 4.78 is 0. The molecule has 0 spiro atoms. The highest BCUT2D eigenvalue weighted by Gasteiger charge is 2.15. The van der Waals surface area contributed by atoms with Crippen molar-refractivity contribution in [1.82, 2.24) is 0 Å². The van der Waals surface area contributed by atoms with Gasteiger partial charge in [0.15, 0.2) is 0 Å². The summed E-state index contributed by atoms with van der Waals surface area (Å²) in [6, 6.07) is 15.0. The zero-order valence-electron chi connectivity index (χ0n) is 11.9. The maximum absolute atomic E-state index is 11.5. The Kier molecular flexibility index (Phi) is 3.31. The average molecular weight is 265 g/mol. The first-order chi connectivity index (χ1) is 9.63. The summed E-state index contributed by atoms with van der Waals surface area (Å²) >= 11 is 0. The highest BCUT2D eigenvalue weighted by Crippen LogP contribution is 2.30. The molecule has 20 heavy (non-hydrogen) atoms. The van der Waals surface area contributed by atoms with E-state index in [0.29, 0.717) is 12.3 Å². The number of nitrogens with one attached hydrogen (secondary N) is 1. The van der Waals surface area contributed by atoms with Crippen LogP contribution in [0.4, 0.5) is 5.69 Å². The van der Waals surface area contributed by atoms with Gasteiger partial charge in [-0.3, -0.25) is 4.79 Å². The zero-order chi connectivity index (χ0) is 14.1. The van der Waals surface area contributed by atoms with Gasteiger partial charge in [0.2, 0.25) is 5.91 Å². The van der Waals surface area contributed by atoms with Crippen molar-refractivity contribution in [3.8, 4) is 11.1 Å². The molecule has 0 atom stereocenters. The summed E-state index contributed by atoms with van der Waals surface area (Å²) in [4.78, 5) is 11.5. The van der Waals surface area contributed by atoms with Crippen LogP contribution < -0.4 is 5.32 Å². The molecule has 0 bridgehead atoms. The Bertz CT molecular complexity index is 658. The van der Waals surface area contributed by atoms with Crippen LogP contribution in [0, 0.1) is 0 Å². The lowest BCUT2D eigenvalue weighted by Crippen LogP contribution is -2.18. The van der Waals surface area contributed by atoms with Gasteiger partial charge in [-0.1, -0.05) is 50.2 Å². The molecule has 0 radical (unpaired) electrons. The summed E-state index contributed by atoms with van der Waals surface area (Å²) in [7, 11) is 0. The molecule has 0 saturated carbocycles. The van der Waals surface area contributed by atoms with Gasteiger partial charge < -0.3 is 5.32 Å². The number of fused-ring (bicyclic) bond motifs is 1. The molecule has 0 unspecified atom stereocenters. The second-order valence-electron chi connectivity index (χ2n) is 5.70. The van der Waals surface area contributed by atoms with E-state index in [9.17, 15) is 4.79 Å². The van der Waals surface area contributed by atoms with Crippen LogP contribution in [0.2, 0.25) is 0 Å². The van der Waals surface area contributed by atoms with Crippen LogP contribution in [0.3, 0.4) is 0 Å². The van der Waals surface area contributed by atoms with E-state index in [-0.39, 0.29) is 5.91 Å². The van der Waals surface area contributed by atoms with Gasteiger partial charge in [0.25, 0.3) is 0 Å². The van der Waals surface area contributed by atoms with Gasteiger partial charge in [-0.05, 0) is 40.7 Å². The van der Waals surface area contributed by atoms with Crippen molar-refractivity contribution in [1.29, 1.82) is 0 Å². The maximum Gasteiger partial charge on any atom is 0.224 e. The summed E-state index contributed by atoms with van der Waals surface area (Å²) in [5.41, 5.74) is 5.90. The van der Waals surface area contributed by atoms with E-state index in [4.69, 9.17) is 0 Å². The van der Waals surface area contributed by atoms with E-state index in [1.807, 2.05) is 0 Å². The van der Waals surface area contributed by atoms with Crippen LogP contribution in [0.1, 0.15) is 37.3 Å². The van der Waals surface area contributed by atoms with Gasteiger partial charge in [-0.15, -0.1) is 0 Å². The zero-order valence-corrected chi connectivity index (χ0v) is 11.9. The van der Waals surface area contributed by atoms with E-state index >= 15 is 0 Å². The molecule has 3 rings (SSSR count). The van der Waals surface area contributed by atoms with Crippen molar-refractivity contribution in [2.24, 2.45) is 0 Å². The molecule has 2 nitrogen and oxygen atoms in total. The molecule has 102 valence electrons. The summed E-state index contributed by atoms with van der Waals surface area (Å²) in [6.07, 6.45) is 1.43. The predicted molar refractivity (Wildman–Crippen MR) is 82.9 cm³/mol. The van der Waals surface area contributed by atoms with Crippen LogP contribution in [-0.4, -0.2) is 5.91 Å². The third-order valence-corrected chi connectivity index (χ3v) is 3.89. The van der Waals surface area contributed by atoms with Crippen molar-refractivity contribution in [3.05, 3.63) is 53.6 Å². The second-order valence-corrected chi connectivity index (χ2v) is 5.70. The number of carbonyl (C=O) groups excluding carboxylic acids is 1. The highest BCUT2D eigenvalue weighted by atomic mass is 16.1. The standard InChI is InChI=1S/C18H19NO/c1-12(2)14-4-3-5-15(10-14)16-7-6-13-8-9-18(20)19-17(13)11-16/h3-7,10-12H,8-9H2,1-2H3,(H,19,20). The Morgan fingerprint density at radius 1 is 1.00 bits per heavy atom. The first-order valence-corrected chi connectivity index (χ1v) is 7.16. The van der Waals surface area contributed by atoms with Crippen molar-refractivity contribution in [3.63, 3.8) is 0 Å². The van der Waals surface area contributed by atoms with Crippen LogP contribution in [0.25, 0.3) is 11.1 Å². The van der Waals surface area contributed by atoms with Gasteiger partial charge in [-0.25, -0.2) is 0 Å². The molecule has 2 heteroatoms. The highest BCUT2D eigenvalue weighted by molar-refractivity contribution is 5.94. The lowest BCUT2D eigenvalue weighted by atomic mass is 9.95. The Morgan fingerprint density at radius 2 is 1.80 bits per heavy atom. The lowest BCUT2D eigenvalue weighted by Gasteiger charge is -2.18. The van der Waals surface area contributed by atoms with Crippen molar-refractivity contribution in [2.45, 2.75) is 32.6 Å². The Hall–Kier alpha value is -2.09. The molecule has 2 aromatic rings. The topological polar surface area (TPSA) is 29.1 Å². The van der Waals surface area contributed by atoms with Crippen LogP contribution >= 0.6 is 0 Å². The molecule has 0 aliphatic carbocycles. The minimum Gasteiger partial charge on any atom is -0.326 e. The molecular formula is C18H19NO. The molecule has 1 aliphatic heterocycles. The second kappa shape index (κ2) is 5.12. The quantitative estimate of drug-likeness (QED) is 0.858. The molecule has 1 heterocycles. The summed E-state index contributed by atoms with van der Waals surface area (Å²) in [6.45, 7) is 4.40. The van der Waals surface area contributed by atoms with Gasteiger partial charge >= 0.3 is 0 Å². The number of benzene rings is 2. The SMILES string of the molecule is CC(C)c1cccc(-c2ccc3c(c2)NC(=O)CC3)c1. The van der Waals surface area contributed by atoms with E-state index in [2.05, 4.69) is 61.6 Å². The molecule has 1 aliphatic rings. The Morgan fingerprint density at radius 3 is 2.60 bits per heavy atom. The number of amides is 1. The largest absolute Gasteiger partial charge is 0.326 e. The van der Waals surface area contributed by atoms with Crippen LogP contribution in [-0.2, 0) is 11.2 Å². The number of carbonyl (C=O) groups is 1. The monoisotopic (exact) mass is 265 g/mol. The maximum atomic E-state index is 11.5. The molecule has 1 amide bonds. The van der Waals surface area contributed by atoms with E-state index in [1.165, 1.54) is 16.7 Å². The van der Waals surface area contributed by atoms with E-state index < -0.39 is 0 Å². The number of anilines is 1. The fourth-order valence-corrected chi connectivity index (χ4v) is 2.63. The fraction of sp³-hybridized carbons (Fsp3) is 0.278. The number of rotatable bonds is 2. The molecule has 0 saturated heterocycles. The molecular weight excluding hydrogens is 246 g/mol. The number of hydrogen-bond donors (Lipinski definition) is 1. The molecule has 1 N–H and O–H groups in total. The van der Waals surface area contributed by atoms with Gasteiger partial charge in [0, 0.05) is 12.1 Å². The number of hydrogen-bond acceptors (Lipinski definition) is 1. The van der Waals surface area contributed by atoms with E-state index in [0.717, 1.165) is 17.7 Å². The predicted octanol–water partition coefficient (Wildman–Crippen LogP) is 4.36. The smallest absolute Gasteiger partial charge is 0.224 e. The third kappa shape index (κ3) is 2.46. The van der Waals surface area contributed by atoms with Crippen LogP contribution in [0.5, 0.6) is 0 Å². The van der Waals surface area contributed by atoms with Gasteiger partial charge in [-0.2, -0.15) is 0 Å². The van der Waals surface area contributed by atoms with Crippen molar-refractivity contribution >= 4 is 11.6 Å². The van der Waals surface area contributed by atoms with Crippen LogP contribution in [0.15, 0.2) is 42.5 Å². The first-order valence-electron chi connectivity index (χ1n) is 7.16. The number of aryl methyl sites for hydroxylation is 1. The molecule has 0 aromatic heterocycles. The third-order valence-electron chi connectivity index (χ3n) is 3.89. The minimum absolute atomic E-state index is 0.116. The summed E-state index contributed by atoms with van der Waals surface area (Å²) in [5.74, 6) is 0.637. The van der Waals surface area contributed by atoms with Gasteiger partial charge in [0.1, 0.15) is 0 Å². The average Bonchev–Trinajstić information content (AvgIpc) is 2.46. The summed E-state index contributed by atoms with van der Waals surface area (Å²) in [5, 5.41) is 2.97. The minimum atomic E-state index is 0.116. The Labute approximate surface area is 119 Å². The first kappa shape index (κ1) is 12.9. The van der Waals surface area contributed by atoms with Crippen molar-refractivity contribution < 1.29 is 4.79 Å². The normalized spacial score (nSPS) is 14.1. The fourth-order valence-electron chi connectivity index (χ4n) is 2.63. The van der Waals surface area contributed by atoms with E-state index in [1.54, 1.807) is 0 Å². The lowest BCUT2D eigenvalue weighted by molar-refractivity contribution is -0.116. The van der Waals surface area contributed by atoms with Crippen molar-refractivity contribution in [2.75, 3.05) is 5.32 Å². The Balaban J connectivity index is 2.00. The van der Waals surface area contributed by atoms with Gasteiger partial charge in [0.05, 0.1) is 0 Å². The molecule has 0 fully saturated rings. The molecule has 2 aromatic carbocycles.